The number of likely N-dealkylation sites (tertiary alicyclic amines) is 1. The lowest BCUT2D eigenvalue weighted by molar-refractivity contribution is 0.186. The van der Waals surface area contributed by atoms with Crippen LogP contribution >= 0.6 is 11.3 Å². The van der Waals surface area contributed by atoms with E-state index in [1.807, 2.05) is 16.3 Å². The molecular formula is C14H18N2O2S. The molecular weight excluding hydrogens is 260 g/mol. The second-order valence-electron chi connectivity index (χ2n) is 4.47. The number of urea groups is 1. The van der Waals surface area contributed by atoms with E-state index >= 15 is 0 Å². The minimum atomic E-state index is -0.128. The van der Waals surface area contributed by atoms with Gasteiger partial charge in [-0.05, 0) is 25.3 Å². The molecule has 0 bridgehead atoms. The lowest BCUT2D eigenvalue weighted by atomic mass is 10.1. The molecule has 2 amide bonds. The predicted molar refractivity (Wildman–Crippen MR) is 75.9 cm³/mol. The molecule has 0 saturated carbocycles. The van der Waals surface area contributed by atoms with Gasteiger partial charge in [0, 0.05) is 28.9 Å². The van der Waals surface area contributed by atoms with E-state index in [1.54, 1.807) is 11.3 Å². The van der Waals surface area contributed by atoms with Crippen LogP contribution in [0.3, 0.4) is 0 Å². The fourth-order valence-corrected chi connectivity index (χ4v) is 2.81. The Labute approximate surface area is 117 Å². The monoisotopic (exact) mass is 278 g/mol. The number of nitrogens with one attached hydrogen (secondary N) is 1. The molecule has 2 rings (SSSR count). The van der Waals surface area contributed by atoms with Gasteiger partial charge in [0.15, 0.2) is 0 Å². The smallest absolute Gasteiger partial charge is 0.317 e. The van der Waals surface area contributed by atoms with Crippen molar-refractivity contribution in [3.05, 3.63) is 21.9 Å². The van der Waals surface area contributed by atoms with Gasteiger partial charge in [-0.15, -0.1) is 11.3 Å². The molecule has 2 N–H and O–H groups in total. The molecule has 0 unspecified atom stereocenters. The van der Waals surface area contributed by atoms with Crippen LogP contribution in [0, 0.1) is 11.8 Å². The quantitative estimate of drug-likeness (QED) is 0.810. The highest BCUT2D eigenvalue weighted by Crippen LogP contribution is 2.14. The Morgan fingerprint density at radius 1 is 1.42 bits per heavy atom. The summed E-state index contributed by atoms with van der Waals surface area (Å²) < 4.78 is 0. The number of piperidine rings is 1. The first kappa shape index (κ1) is 13.9. The highest BCUT2D eigenvalue weighted by Gasteiger charge is 2.15. The van der Waals surface area contributed by atoms with Gasteiger partial charge in [-0.3, -0.25) is 0 Å². The second kappa shape index (κ2) is 7.17. The van der Waals surface area contributed by atoms with E-state index in [2.05, 4.69) is 17.2 Å². The topological polar surface area (TPSA) is 52.6 Å². The summed E-state index contributed by atoms with van der Waals surface area (Å²) in [6, 6.07) is 1.97. The van der Waals surface area contributed by atoms with Crippen LogP contribution in [-0.2, 0) is 6.54 Å². The van der Waals surface area contributed by atoms with E-state index in [-0.39, 0.29) is 12.6 Å². The number of carbonyl (C=O) groups is 1. The molecule has 19 heavy (non-hydrogen) atoms. The Balaban J connectivity index is 1.81. The van der Waals surface area contributed by atoms with Gasteiger partial charge in [-0.1, -0.05) is 11.8 Å². The molecule has 1 aromatic heterocycles. The van der Waals surface area contributed by atoms with E-state index in [4.69, 9.17) is 5.11 Å². The second-order valence-corrected chi connectivity index (χ2v) is 5.46. The number of thiophene rings is 1. The Morgan fingerprint density at radius 3 is 2.95 bits per heavy atom. The van der Waals surface area contributed by atoms with Crippen molar-refractivity contribution < 1.29 is 9.90 Å². The Kier molecular flexibility index (Phi) is 5.25. The van der Waals surface area contributed by atoms with Gasteiger partial charge in [-0.25, -0.2) is 4.79 Å². The largest absolute Gasteiger partial charge is 0.384 e. The van der Waals surface area contributed by atoms with Crippen molar-refractivity contribution in [2.24, 2.45) is 0 Å². The number of aliphatic hydroxyl groups is 1. The average molecular weight is 278 g/mol. The van der Waals surface area contributed by atoms with Crippen LogP contribution in [0.25, 0.3) is 0 Å². The van der Waals surface area contributed by atoms with Crippen molar-refractivity contribution in [3.63, 3.8) is 0 Å². The van der Waals surface area contributed by atoms with Crippen LogP contribution in [0.4, 0.5) is 4.79 Å². The van der Waals surface area contributed by atoms with Crippen molar-refractivity contribution in [1.29, 1.82) is 0 Å². The fraction of sp³-hybridized carbons (Fsp3) is 0.500. The molecule has 4 nitrogen and oxygen atoms in total. The van der Waals surface area contributed by atoms with Crippen LogP contribution < -0.4 is 5.32 Å². The molecule has 1 aliphatic rings. The third kappa shape index (κ3) is 4.27. The van der Waals surface area contributed by atoms with E-state index in [0.29, 0.717) is 6.54 Å². The summed E-state index contributed by atoms with van der Waals surface area (Å²) in [6.07, 6.45) is 3.43. The summed E-state index contributed by atoms with van der Waals surface area (Å²) in [5.41, 5.74) is 0.890. The summed E-state index contributed by atoms with van der Waals surface area (Å²) in [5, 5.41) is 13.5. The van der Waals surface area contributed by atoms with Crippen LogP contribution in [0.1, 0.15) is 29.7 Å². The van der Waals surface area contributed by atoms with Crippen molar-refractivity contribution in [3.8, 4) is 11.8 Å². The zero-order chi connectivity index (χ0) is 13.5. The molecule has 1 fully saturated rings. The normalized spacial score (nSPS) is 14.7. The maximum atomic E-state index is 11.9. The zero-order valence-corrected chi connectivity index (χ0v) is 11.6. The molecule has 2 heterocycles. The minimum absolute atomic E-state index is 0.0242. The SMILES string of the molecule is O=C(NCc1cc(C#CCO)cs1)N1CCCCC1. The van der Waals surface area contributed by atoms with Crippen LogP contribution in [0.5, 0.6) is 0 Å². The number of carbonyl (C=O) groups excluding carboxylic acids is 1. The summed E-state index contributed by atoms with van der Waals surface area (Å²) in [5.74, 6) is 5.46. The third-order valence-corrected chi connectivity index (χ3v) is 3.96. The molecule has 1 aromatic rings. The molecule has 1 saturated heterocycles. The number of nitrogens with zero attached hydrogens (tertiary/aromatic N) is 1. The van der Waals surface area contributed by atoms with Crippen LogP contribution in [0.15, 0.2) is 11.4 Å². The molecule has 0 aliphatic carbocycles. The predicted octanol–water partition coefficient (Wildman–Crippen LogP) is 1.79. The molecule has 0 spiro atoms. The number of rotatable bonds is 2. The molecule has 102 valence electrons. The number of amides is 2. The average Bonchev–Trinajstić information content (AvgIpc) is 2.91. The number of hydrogen-bond donors (Lipinski definition) is 2. The van der Waals surface area contributed by atoms with Crippen LogP contribution in [0.2, 0.25) is 0 Å². The van der Waals surface area contributed by atoms with Crippen molar-refractivity contribution in [2.45, 2.75) is 25.8 Å². The highest BCUT2D eigenvalue weighted by molar-refractivity contribution is 7.10. The Bertz CT molecular complexity index is 481. The van der Waals surface area contributed by atoms with E-state index in [9.17, 15) is 4.79 Å². The van der Waals surface area contributed by atoms with E-state index < -0.39 is 0 Å². The standard InChI is InChI=1S/C14H18N2O2S/c17-8-4-5-12-9-13(19-11-12)10-15-14(18)16-6-2-1-3-7-16/h9,11,17H,1-3,6-8,10H2,(H,15,18). The summed E-state index contributed by atoms with van der Waals surface area (Å²) >= 11 is 1.57. The summed E-state index contributed by atoms with van der Waals surface area (Å²) in [6.45, 7) is 2.14. The molecule has 0 atom stereocenters. The lowest BCUT2D eigenvalue weighted by Gasteiger charge is -2.26. The Hall–Kier alpha value is -1.51. The van der Waals surface area contributed by atoms with Gasteiger partial charge >= 0.3 is 6.03 Å². The molecule has 5 heteroatoms. The molecule has 0 aromatic carbocycles. The van der Waals surface area contributed by atoms with Gasteiger partial charge in [0.05, 0.1) is 6.54 Å². The van der Waals surface area contributed by atoms with E-state index in [1.165, 1.54) is 6.42 Å². The summed E-state index contributed by atoms with van der Waals surface area (Å²) in [4.78, 5) is 14.9. The van der Waals surface area contributed by atoms with Crippen LogP contribution in [-0.4, -0.2) is 35.7 Å². The van der Waals surface area contributed by atoms with Gasteiger partial charge in [0.25, 0.3) is 0 Å². The fourth-order valence-electron chi connectivity index (χ4n) is 2.05. The van der Waals surface area contributed by atoms with Crippen molar-refractivity contribution in [1.82, 2.24) is 10.2 Å². The van der Waals surface area contributed by atoms with Gasteiger partial charge in [-0.2, -0.15) is 0 Å². The summed E-state index contributed by atoms with van der Waals surface area (Å²) in [7, 11) is 0. The first-order valence-electron chi connectivity index (χ1n) is 6.49. The molecule has 1 aliphatic heterocycles. The maximum absolute atomic E-state index is 11.9. The number of hydrogen-bond acceptors (Lipinski definition) is 3. The first-order valence-corrected chi connectivity index (χ1v) is 7.37. The maximum Gasteiger partial charge on any atom is 0.317 e. The van der Waals surface area contributed by atoms with Gasteiger partial charge < -0.3 is 15.3 Å². The first-order chi connectivity index (χ1) is 9.29. The van der Waals surface area contributed by atoms with E-state index in [0.717, 1.165) is 36.4 Å². The van der Waals surface area contributed by atoms with Gasteiger partial charge in [0.2, 0.25) is 0 Å². The minimum Gasteiger partial charge on any atom is -0.384 e. The van der Waals surface area contributed by atoms with Crippen molar-refractivity contribution >= 4 is 17.4 Å². The zero-order valence-electron chi connectivity index (χ0n) is 10.8. The van der Waals surface area contributed by atoms with Crippen molar-refractivity contribution in [2.75, 3.05) is 19.7 Å². The highest BCUT2D eigenvalue weighted by atomic mass is 32.1. The Morgan fingerprint density at radius 2 is 2.21 bits per heavy atom. The van der Waals surface area contributed by atoms with Gasteiger partial charge in [0.1, 0.15) is 6.61 Å². The number of aliphatic hydroxyl groups excluding tert-OH is 1. The lowest BCUT2D eigenvalue weighted by Crippen LogP contribution is -2.42. The third-order valence-electron chi connectivity index (χ3n) is 3.02. The molecule has 0 radical (unpaired) electrons.